The molecule has 0 saturated carbocycles. The van der Waals surface area contributed by atoms with Gasteiger partial charge < -0.3 is 15.2 Å². The molecule has 4 rings (SSSR count). The number of nitrogens with zero attached hydrogens (tertiary/aromatic N) is 2. The zero-order chi connectivity index (χ0) is 27.6. The van der Waals surface area contributed by atoms with Crippen LogP contribution < -0.4 is 10.1 Å². The maximum Gasteiger partial charge on any atom is 0.296 e. The molecule has 0 aromatic heterocycles. The number of nitrogens with one attached hydrogen (secondary N) is 1. The number of phenols is 1. The molecular formula is C26H21Cl2N3O6S. The van der Waals surface area contributed by atoms with Gasteiger partial charge in [-0.25, -0.2) is 0 Å². The fraction of sp³-hybridized carbons (Fsp3) is 0.115. The number of carbonyl (C=O) groups is 1. The van der Waals surface area contributed by atoms with Crippen molar-refractivity contribution in [3.63, 3.8) is 0 Å². The molecule has 0 saturated heterocycles. The molecular weight excluding hydrogens is 553 g/mol. The Kier molecular flexibility index (Phi) is 7.89. The number of hydrogen-bond acceptors (Lipinski definition) is 7. The molecule has 0 radical (unpaired) electrons. The van der Waals surface area contributed by atoms with Crippen molar-refractivity contribution in [3.05, 3.63) is 81.8 Å². The van der Waals surface area contributed by atoms with E-state index in [-0.39, 0.29) is 27.5 Å². The summed E-state index contributed by atoms with van der Waals surface area (Å²) in [6.45, 7) is 3.62. The van der Waals surface area contributed by atoms with Gasteiger partial charge in [-0.05, 0) is 55.1 Å². The molecule has 0 unspecified atom stereocenters. The van der Waals surface area contributed by atoms with E-state index in [0.717, 1.165) is 0 Å². The molecule has 0 heterocycles. The van der Waals surface area contributed by atoms with Gasteiger partial charge in [0.25, 0.3) is 16.0 Å². The second-order valence-electron chi connectivity index (χ2n) is 8.09. The van der Waals surface area contributed by atoms with E-state index >= 15 is 0 Å². The quantitative estimate of drug-likeness (QED) is 0.155. The first-order valence-electron chi connectivity index (χ1n) is 11.2. The molecule has 0 fully saturated rings. The van der Waals surface area contributed by atoms with E-state index in [9.17, 15) is 22.9 Å². The molecule has 4 aromatic rings. The fourth-order valence-electron chi connectivity index (χ4n) is 3.80. The Bertz CT molecular complexity index is 1710. The maximum absolute atomic E-state index is 13.3. The van der Waals surface area contributed by atoms with Crippen LogP contribution in [0.2, 0.25) is 10.0 Å². The maximum atomic E-state index is 13.3. The SMILES string of the molecule is CCOc1ccc(Cl)cc1NC(=O)c1cc2ccccc2c(N=Nc2ccc(C)c(S(=O)(=O)O)c2Cl)c1O. The predicted octanol–water partition coefficient (Wildman–Crippen LogP) is 7.47. The number of benzene rings is 4. The lowest BCUT2D eigenvalue weighted by Gasteiger charge is -2.14. The van der Waals surface area contributed by atoms with Gasteiger partial charge in [-0.15, -0.1) is 10.2 Å². The van der Waals surface area contributed by atoms with Gasteiger partial charge in [0.2, 0.25) is 0 Å². The molecule has 0 atom stereocenters. The molecule has 12 heteroatoms. The summed E-state index contributed by atoms with van der Waals surface area (Å²) in [7, 11) is -4.63. The normalized spacial score (nSPS) is 11.7. The number of aromatic hydroxyl groups is 1. The van der Waals surface area contributed by atoms with E-state index < -0.39 is 26.7 Å². The minimum Gasteiger partial charge on any atom is -0.505 e. The van der Waals surface area contributed by atoms with Crippen molar-refractivity contribution in [2.75, 3.05) is 11.9 Å². The van der Waals surface area contributed by atoms with Gasteiger partial charge in [-0.3, -0.25) is 9.35 Å². The Morgan fingerprint density at radius 2 is 1.79 bits per heavy atom. The lowest BCUT2D eigenvalue weighted by molar-refractivity contribution is 0.102. The number of aryl methyl sites for hydroxylation is 1. The second kappa shape index (κ2) is 11.0. The van der Waals surface area contributed by atoms with Crippen molar-refractivity contribution in [2.24, 2.45) is 10.2 Å². The number of fused-ring (bicyclic) bond motifs is 1. The van der Waals surface area contributed by atoms with Gasteiger partial charge in [0.15, 0.2) is 5.75 Å². The molecule has 3 N–H and O–H groups in total. The van der Waals surface area contributed by atoms with E-state index in [1.807, 2.05) is 0 Å². The number of carbonyl (C=O) groups excluding carboxylic acids is 1. The summed E-state index contributed by atoms with van der Waals surface area (Å²) in [5.74, 6) is -0.729. The smallest absolute Gasteiger partial charge is 0.296 e. The standard InChI is InChI=1S/C26H21Cl2N3O6S/c1-3-37-21-11-9-16(27)13-20(21)29-26(33)18-12-15-6-4-5-7-17(15)23(24(18)32)31-30-19-10-8-14(2)25(22(19)28)38(34,35)36/h4-13,32H,3H2,1-2H3,(H,29,33)(H,34,35,36). The van der Waals surface area contributed by atoms with Gasteiger partial charge >= 0.3 is 0 Å². The first-order valence-corrected chi connectivity index (χ1v) is 13.4. The molecule has 4 aromatic carbocycles. The summed E-state index contributed by atoms with van der Waals surface area (Å²) in [5.41, 5.74) is 0.312. The largest absolute Gasteiger partial charge is 0.505 e. The number of phenolic OH excluding ortho intramolecular Hbond substituents is 1. The van der Waals surface area contributed by atoms with Crippen molar-refractivity contribution in [1.82, 2.24) is 0 Å². The van der Waals surface area contributed by atoms with Crippen molar-refractivity contribution < 1.29 is 27.6 Å². The predicted molar refractivity (Wildman–Crippen MR) is 146 cm³/mol. The highest BCUT2D eigenvalue weighted by Crippen LogP contribution is 2.41. The molecule has 0 spiro atoms. The third-order valence-electron chi connectivity index (χ3n) is 5.52. The third kappa shape index (κ3) is 5.58. The number of anilines is 1. The van der Waals surface area contributed by atoms with Crippen LogP contribution in [0, 0.1) is 6.92 Å². The summed E-state index contributed by atoms with van der Waals surface area (Å²) in [4.78, 5) is 12.8. The molecule has 0 bridgehead atoms. The van der Waals surface area contributed by atoms with Crippen LogP contribution in [0.15, 0.2) is 75.8 Å². The number of rotatable bonds is 7. The van der Waals surface area contributed by atoms with Gasteiger partial charge in [0.05, 0.1) is 22.9 Å². The first kappa shape index (κ1) is 27.3. The van der Waals surface area contributed by atoms with E-state index in [2.05, 4.69) is 15.5 Å². The highest BCUT2D eigenvalue weighted by Gasteiger charge is 2.22. The van der Waals surface area contributed by atoms with Crippen molar-refractivity contribution in [1.29, 1.82) is 0 Å². The van der Waals surface area contributed by atoms with Gasteiger partial charge in [0.1, 0.15) is 22.0 Å². The second-order valence-corrected chi connectivity index (χ2v) is 10.3. The van der Waals surface area contributed by atoms with E-state index in [1.54, 1.807) is 43.3 Å². The van der Waals surface area contributed by atoms with Crippen LogP contribution in [0.5, 0.6) is 11.5 Å². The highest BCUT2D eigenvalue weighted by atomic mass is 35.5. The minimum absolute atomic E-state index is 0.0468. The van der Waals surface area contributed by atoms with Crippen LogP contribution in [0.1, 0.15) is 22.8 Å². The van der Waals surface area contributed by atoms with Crippen LogP contribution in [-0.2, 0) is 10.1 Å². The molecule has 0 aliphatic rings. The summed E-state index contributed by atoms with van der Waals surface area (Å²) in [6.07, 6.45) is 0. The average molecular weight is 574 g/mol. The summed E-state index contributed by atoms with van der Waals surface area (Å²) in [6, 6.07) is 16.0. The lowest BCUT2D eigenvalue weighted by atomic mass is 10.0. The molecule has 9 nitrogen and oxygen atoms in total. The van der Waals surface area contributed by atoms with Gasteiger partial charge in [0, 0.05) is 10.4 Å². The fourth-order valence-corrected chi connectivity index (χ4v) is 5.32. The Hall–Kier alpha value is -3.70. The van der Waals surface area contributed by atoms with Crippen molar-refractivity contribution >= 4 is 67.1 Å². The Morgan fingerprint density at radius 1 is 1.05 bits per heavy atom. The van der Waals surface area contributed by atoms with E-state index in [4.69, 9.17) is 27.9 Å². The number of ether oxygens (including phenoxy) is 1. The Balaban J connectivity index is 1.81. The average Bonchev–Trinajstić information content (AvgIpc) is 2.85. The van der Waals surface area contributed by atoms with Crippen LogP contribution in [-0.4, -0.2) is 30.6 Å². The molecule has 1 amide bonds. The van der Waals surface area contributed by atoms with Gasteiger partial charge in [-0.1, -0.05) is 53.5 Å². The molecule has 196 valence electrons. The summed E-state index contributed by atoms with van der Waals surface area (Å²) < 4.78 is 38.7. The van der Waals surface area contributed by atoms with Gasteiger partial charge in [-0.2, -0.15) is 8.42 Å². The minimum atomic E-state index is -4.63. The van der Waals surface area contributed by atoms with Crippen LogP contribution in [0.25, 0.3) is 10.8 Å². The van der Waals surface area contributed by atoms with E-state index in [0.29, 0.717) is 33.8 Å². The molecule has 38 heavy (non-hydrogen) atoms. The van der Waals surface area contributed by atoms with E-state index in [1.165, 1.54) is 31.2 Å². The number of amides is 1. The summed E-state index contributed by atoms with van der Waals surface area (Å²) >= 11 is 12.3. The zero-order valence-corrected chi connectivity index (χ0v) is 22.4. The summed E-state index contributed by atoms with van der Waals surface area (Å²) in [5, 5.41) is 23.0. The highest BCUT2D eigenvalue weighted by molar-refractivity contribution is 7.86. The molecule has 0 aliphatic heterocycles. The molecule has 0 aliphatic carbocycles. The van der Waals surface area contributed by atoms with Crippen LogP contribution in [0.4, 0.5) is 17.1 Å². The monoisotopic (exact) mass is 573 g/mol. The Morgan fingerprint density at radius 3 is 2.50 bits per heavy atom. The lowest BCUT2D eigenvalue weighted by Crippen LogP contribution is -2.13. The topological polar surface area (TPSA) is 138 Å². The van der Waals surface area contributed by atoms with Crippen molar-refractivity contribution in [2.45, 2.75) is 18.7 Å². The number of halogens is 2. The Labute approximate surface area is 228 Å². The third-order valence-corrected chi connectivity index (χ3v) is 7.29. The zero-order valence-electron chi connectivity index (χ0n) is 20.1. The first-order chi connectivity index (χ1) is 18.0. The number of azo groups is 1. The van der Waals surface area contributed by atoms with Crippen LogP contribution >= 0.6 is 23.2 Å². The number of hydrogen-bond donors (Lipinski definition) is 3. The van der Waals surface area contributed by atoms with Crippen molar-refractivity contribution in [3.8, 4) is 11.5 Å². The van der Waals surface area contributed by atoms with Crippen LogP contribution in [0.3, 0.4) is 0 Å².